The second kappa shape index (κ2) is 9.07. The summed E-state index contributed by atoms with van der Waals surface area (Å²) in [5, 5.41) is 5.28. The number of benzene rings is 1. The predicted molar refractivity (Wildman–Crippen MR) is 125 cm³/mol. The van der Waals surface area contributed by atoms with E-state index < -0.39 is 12.1 Å². The molecule has 1 atom stereocenters. The molecule has 0 aliphatic heterocycles. The van der Waals surface area contributed by atoms with Crippen LogP contribution in [0.1, 0.15) is 25.2 Å². The third-order valence-electron chi connectivity index (χ3n) is 5.14. The quantitative estimate of drug-likeness (QED) is 0.397. The molecule has 0 radical (unpaired) electrons. The number of hydrogen-bond donors (Lipinski definition) is 0. The van der Waals surface area contributed by atoms with Crippen molar-refractivity contribution in [3.8, 4) is 22.7 Å². The van der Waals surface area contributed by atoms with Crippen LogP contribution in [-0.2, 0) is 9.53 Å². The number of aryl methyl sites for hydroxylation is 2. The van der Waals surface area contributed by atoms with Gasteiger partial charge in [0.05, 0.1) is 23.6 Å². The van der Waals surface area contributed by atoms with E-state index in [2.05, 4.69) is 10.1 Å². The standard InChI is InChI=1S/C24H23ClN4O4/c1-5-32-24(31)16(4)33-20-7-6-12-28-22(20)26-15(3)21(23(28)30)19-13-14(2)29(27-19)18-10-8-17(25)9-11-18/h6-13,16H,5H2,1-4H3. The molecule has 0 amide bonds. The van der Waals surface area contributed by atoms with Gasteiger partial charge < -0.3 is 9.47 Å². The molecule has 4 aromatic rings. The normalized spacial score (nSPS) is 12.0. The molecule has 0 aliphatic carbocycles. The monoisotopic (exact) mass is 466 g/mol. The van der Waals surface area contributed by atoms with E-state index >= 15 is 0 Å². The number of halogens is 1. The molecule has 1 unspecified atom stereocenters. The molecule has 3 heterocycles. The Bertz CT molecular complexity index is 1390. The maximum Gasteiger partial charge on any atom is 0.347 e. The minimum Gasteiger partial charge on any atom is -0.475 e. The van der Waals surface area contributed by atoms with Crippen molar-refractivity contribution in [2.24, 2.45) is 0 Å². The molecule has 0 spiro atoms. The van der Waals surface area contributed by atoms with Gasteiger partial charge in [-0.1, -0.05) is 11.6 Å². The third-order valence-corrected chi connectivity index (χ3v) is 5.39. The molecule has 0 bridgehead atoms. The van der Waals surface area contributed by atoms with Gasteiger partial charge in [0.15, 0.2) is 17.5 Å². The largest absolute Gasteiger partial charge is 0.475 e. The fourth-order valence-electron chi connectivity index (χ4n) is 3.57. The van der Waals surface area contributed by atoms with Gasteiger partial charge in [0.1, 0.15) is 5.69 Å². The fraction of sp³-hybridized carbons (Fsp3) is 0.250. The van der Waals surface area contributed by atoms with Gasteiger partial charge in [0.2, 0.25) is 0 Å². The minimum atomic E-state index is -0.842. The van der Waals surface area contributed by atoms with E-state index in [4.69, 9.17) is 21.1 Å². The number of fused-ring (bicyclic) bond motifs is 1. The molecule has 170 valence electrons. The van der Waals surface area contributed by atoms with Crippen molar-refractivity contribution in [1.82, 2.24) is 19.2 Å². The Labute approximate surface area is 195 Å². The van der Waals surface area contributed by atoms with Crippen LogP contribution in [-0.4, -0.2) is 37.8 Å². The SMILES string of the molecule is CCOC(=O)C(C)Oc1cccn2c(=O)c(-c3cc(C)n(-c4ccc(Cl)cc4)n3)c(C)nc12. The highest BCUT2D eigenvalue weighted by Gasteiger charge is 2.21. The second-order valence-electron chi connectivity index (χ2n) is 7.51. The van der Waals surface area contributed by atoms with Crippen molar-refractivity contribution in [1.29, 1.82) is 0 Å². The summed E-state index contributed by atoms with van der Waals surface area (Å²) in [5.41, 5.74) is 3.12. The number of ether oxygens (including phenoxy) is 2. The lowest BCUT2D eigenvalue weighted by Gasteiger charge is -2.15. The van der Waals surface area contributed by atoms with E-state index in [-0.39, 0.29) is 12.2 Å². The average Bonchev–Trinajstić information content (AvgIpc) is 3.16. The zero-order valence-corrected chi connectivity index (χ0v) is 19.5. The van der Waals surface area contributed by atoms with Crippen molar-refractivity contribution in [2.75, 3.05) is 6.61 Å². The first-order chi connectivity index (χ1) is 15.8. The van der Waals surface area contributed by atoms with Gasteiger partial charge in [-0.25, -0.2) is 14.5 Å². The highest BCUT2D eigenvalue weighted by Crippen LogP contribution is 2.25. The van der Waals surface area contributed by atoms with Crippen molar-refractivity contribution in [2.45, 2.75) is 33.8 Å². The molecule has 0 saturated carbocycles. The first kappa shape index (κ1) is 22.5. The van der Waals surface area contributed by atoms with Gasteiger partial charge >= 0.3 is 5.97 Å². The summed E-state index contributed by atoms with van der Waals surface area (Å²) in [6.45, 7) is 7.23. The average molecular weight is 467 g/mol. The first-order valence-electron chi connectivity index (χ1n) is 10.5. The van der Waals surface area contributed by atoms with Crippen LogP contribution in [0.4, 0.5) is 0 Å². The van der Waals surface area contributed by atoms with Crippen LogP contribution in [0.3, 0.4) is 0 Å². The lowest BCUT2D eigenvalue weighted by atomic mass is 10.1. The highest BCUT2D eigenvalue weighted by molar-refractivity contribution is 6.30. The number of esters is 1. The molecule has 3 aromatic heterocycles. The van der Waals surface area contributed by atoms with E-state index in [1.165, 1.54) is 4.40 Å². The molecular formula is C24H23ClN4O4. The molecule has 0 fully saturated rings. The Morgan fingerprint density at radius 2 is 1.91 bits per heavy atom. The number of rotatable bonds is 6. The smallest absolute Gasteiger partial charge is 0.347 e. The van der Waals surface area contributed by atoms with Crippen LogP contribution in [0.2, 0.25) is 5.02 Å². The van der Waals surface area contributed by atoms with E-state index in [1.807, 2.05) is 25.1 Å². The molecule has 33 heavy (non-hydrogen) atoms. The van der Waals surface area contributed by atoms with Gasteiger partial charge in [-0.2, -0.15) is 5.10 Å². The van der Waals surface area contributed by atoms with E-state index in [1.54, 1.807) is 55.9 Å². The Morgan fingerprint density at radius 1 is 1.18 bits per heavy atom. The second-order valence-corrected chi connectivity index (χ2v) is 7.95. The van der Waals surface area contributed by atoms with Crippen LogP contribution in [0.15, 0.2) is 53.5 Å². The summed E-state index contributed by atoms with van der Waals surface area (Å²) in [7, 11) is 0. The number of carbonyl (C=O) groups excluding carboxylic acids is 1. The van der Waals surface area contributed by atoms with Crippen molar-refractivity contribution in [3.05, 3.63) is 75.4 Å². The highest BCUT2D eigenvalue weighted by atomic mass is 35.5. The molecule has 1 aromatic carbocycles. The fourth-order valence-corrected chi connectivity index (χ4v) is 3.69. The maximum absolute atomic E-state index is 13.4. The summed E-state index contributed by atoms with van der Waals surface area (Å²) in [6, 6.07) is 12.5. The third kappa shape index (κ3) is 4.34. The summed E-state index contributed by atoms with van der Waals surface area (Å²) >= 11 is 6.00. The van der Waals surface area contributed by atoms with Gasteiger partial charge in [-0.3, -0.25) is 9.20 Å². The lowest BCUT2D eigenvalue weighted by Crippen LogP contribution is -2.27. The minimum absolute atomic E-state index is 0.254. The lowest BCUT2D eigenvalue weighted by molar-refractivity contribution is -0.150. The van der Waals surface area contributed by atoms with Crippen LogP contribution >= 0.6 is 11.6 Å². The van der Waals surface area contributed by atoms with Crippen LogP contribution < -0.4 is 10.3 Å². The Kier molecular flexibility index (Phi) is 6.20. The Balaban J connectivity index is 1.78. The van der Waals surface area contributed by atoms with E-state index in [9.17, 15) is 9.59 Å². The maximum atomic E-state index is 13.4. The van der Waals surface area contributed by atoms with Crippen LogP contribution in [0.5, 0.6) is 5.75 Å². The molecule has 0 saturated heterocycles. The molecule has 0 aliphatic rings. The van der Waals surface area contributed by atoms with Gasteiger partial charge in [-0.15, -0.1) is 0 Å². The number of nitrogens with zero attached hydrogens (tertiary/aromatic N) is 4. The zero-order chi connectivity index (χ0) is 23.7. The van der Waals surface area contributed by atoms with Gasteiger partial charge in [0, 0.05) is 16.9 Å². The molecule has 9 heteroatoms. The number of pyridine rings is 1. The Hall–Kier alpha value is -3.65. The predicted octanol–water partition coefficient (Wildman–Crippen LogP) is 4.15. The van der Waals surface area contributed by atoms with E-state index in [0.717, 1.165) is 11.4 Å². The van der Waals surface area contributed by atoms with Crippen LogP contribution in [0.25, 0.3) is 22.6 Å². The molecular weight excluding hydrogens is 444 g/mol. The topological polar surface area (TPSA) is 87.7 Å². The summed E-state index contributed by atoms with van der Waals surface area (Å²) in [4.78, 5) is 30.0. The van der Waals surface area contributed by atoms with Crippen LogP contribution in [0, 0.1) is 13.8 Å². The number of carbonyl (C=O) groups is 1. The van der Waals surface area contributed by atoms with E-state index in [0.29, 0.717) is 33.4 Å². The summed E-state index contributed by atoms with van der Waals surface area (Å²) < 4.78 is 13.9. The van der Waals surface area contributed by atoms with Gasteiger partial charge in [-0.05, 0) is 70.2 Å². The number of aromatic nitrogens is 4. The van der Waals surface area contributed by atoms with Gasteiger partial charge in [0.25, 0.3) is 5.56 Å². The first-order valence-corrected chi connectivity index (χ1v) is 10.9. The molecule has 0 N–H and O–H groups in total. The number of hydrogen-bond acceptors (Lipinski definition) is 6. The van der Waals surface area contributed by atoms with Crippen molar-refractivity contribution in [3.63, 3.8) is 0 Å². The van der Waals surface area contributed by atoms with Crippen molar-refractivity contribution < 1.29 is 14.3 Å². The summed E-state index contributed by atoms with van der Waals surface area (Å²) in [6.07, 6.45) is 0.768. The summed E-state index contributed by atoms with van der Waals surface area (Å²) in [5.74, 6) is -0.175. The molecule has 4 rings (SSSR count). The Morgan fingerprint density at radius 3 is 2.61 bits per heavy atom. The zero-order valence-electron chi connectivity index (χ0n) is 18.7. The van der Waals surface area contributed by atoms with Crippen molar-refractivity contribution >= 4 is 23.2 Å². The molecule has 8 nitrogen and oxygen atoms in total.